The van der Waals surface area contributed by atoms with Gasteiger partial charge < -0.3 is 4.74 Å². The van der Waals surface area contributed by atoms with Crippen LogP contribution in [0.5, 0.6) is 0 Å². The van der Waals surface area contributed by atoms with Crippen molar-refractivity contribution in [3.05, 3.63) is 42.0 Å². The third-order valence-electron chi connectivity index (χ3n) is 5.01. The monoisotopic (exact) mass is 453 g/mol. The SMILES string of the molecule is CCn1nccc1C(=O)N(CCCN1CCOCC1)c1nc2ccc(F)cc2s1.Cl. The number of aryl methyl sites for hydroxylation is 1. The van der Waals surface area contributed by atoms with Crippen LogP contribution >= 0.6 is 23.7 Å². The van der Waals surface area contributed by atoms with E-state index in [1.807, 2.05) is 6.92 Å². The number of carbonyl (C=O) groups excluding carboxylic acids is 1. The topological polar surface area (TPSA) is 63.5 Å². The molecule has 1 aliphatic heterocycles. The van der Waals surface area contributed by atoms with Gasteiger partial charge in [0.1, 0.15) is 11.5 Å². The molecule has 7 nitrogen and oxygen atoms in total. The maximum atomic E-state index is 13.6. The van der Waals surface area contributed by atoms with Crippen molar-refractivity contribution in [2.75, 3.05) is 44.3 Å². The minimum Gasteiger partial charge on any atom is -0.379 e. The highest BCUT2D eigenvalue weighted by molar-refractivity contribution is 7.22. The second kappa shape index (κ2) is 10.3. The van der Waals surface area contributed by atoms with E-state index in [0.29, 0.717) is 29.4 Å². The predicted octanol–water partition coefficient (Wildman–Crippen LogP) is 3.44. The molecule has 10 heteroatoms. The number of carbonyl (C=O) groups is 1. The molecule has 0 saturated carbocycles. The third-order valence-corrected chi connectivity index (χ3v) is 6.05. The maximum absolute atomic E-state index is 13.6. The van der Waals surface area contributed by atoms with Gasteiger partial charge in [0.2, 0.25) is 0 Å². The minimum absolute atomic E-state index is 0. The highest BCUT2D eigenvalue weighted by atomic mass is 35.5. The summed E-state index contributed by atoms with van der Waals surface area (Å²) in [6.45, 7) is 7.32. The van der Waals surface area contributed by atoms with Crippen LogP contribution in [0.1, 0.15) is 23.8 Å². The zero-order valence-electron chi connectivity index (χ0n) is 16.8. The zero-order valence-corrected chi connectivity index (χ0v) is 18.4. The van der Waals surface area contributed by atoms with E-state index in [4.69, 9.17) is 4.74 Å². The molecule has 0 N–H and O–H groups in total. The number of nitrogens with zero attached hydrogens (tertiary/aromatic N) is 5. The Labute approximate surface area is 184 Å². The lowest BCUT2D eigenvalue weighted by molar-refractivity contribution is 0.0376. The Kier molecular flexibility index (Phi) is 7.76. The average Bonchev–Trinajstić information content (AvgIpc) is 3.37. The van der Waals surface area contributed by atoms with Crippen molar-refractivity contribution in [1.29, 1.82) is 0 Å². The van der Waals surface area contributed by atoms with Crippen LogP contribution in [0.2, 0.25) is 0 Å². The van der Waals surface area contributed by atoms with E-state index in [1.54, 1.807) is 27.9 Å². The van der Waals surface area contributed by atoms with Gasteiger partial charge in [-0.2, -0.15) is 5.10 Å². The van der Waals surface area contributed by atoms with Crippen LogP contribution in [0.4, 0.5) is 9.52 Å². The summed E-state index contributed by atoms with van der Waals surface area (Å²) in [5.41, 5.74) is 1.23. The van der Waals surface area contributed by atoms with Crippen LogP contribution in [0.3, 0.4) is 0 Å². The van der Waals surface area contributed by atoms with Gasteiger partial charge in [0.25, 0.3) is 5.91 Å². The molecule has 3 heterocycles. The first-order valence-corrected chi connectivity index (χ1v) is 10.7. The number of anilines is 1. The number of thiazole rings is 1. The molecule has 0 radical (unpaired) electrons. The Morgan fingerprint density at radius 2 is 2.10 bits per heavy atom. The van der Waals surface area contributed by atoms with Gasteiger partial charge in [0.05, 0.1) is 23.4 Å². The van der Waals surface area contributed by atoms with Crippen molar-refractivity contribution in [2.24, 2.45) is 0 Å². The van der Waals surface area contributed by atoms with Crippen molar-refractivity contribution in [1.82, 2.24) is 19.7 Å². The number of hydrogen-bond acceptors (Lipinski definition) is 6. The summed E-state index contributed by atoms with van der Waals surface area (Å²) in [5.74, 6) is -0.437. The van der Waals surface area contributed by atoms with E-state index in [9.17, 15) is 9.18 Å². The highest BCUT2D eigenvalue weighted by Crippen LogP contribution is 2.30. The fourth-order valence-corrected chi connectivity index (χ4v) is 4.48. The van der Waals surface area contributed by atoms with E-state index < -0.39 is 0 Å². The molecule has 0 bridgehead atoms. The summed E-state index contributed by atoms with van der Waals surface area (Å²) >= 11 is 1.34. The van der Waals surface area contributed by atoms with Crippen molar-refractivity contribution >= 4 is 45.0 Å². The number of aromatic nitrogens is 3. The molecule has 0 spiro atoms. The minimum atomic E-state index is -0.304. The molecular weight excluding hydrogens is 429 g/mol. The first kappa shape index (κ1) is 22.6. The molecule has 1 aliphatic rings. The summed E-state index contributed by atoms with van der Waals surface area (Å²) in [5, 5.41) is 4.81. The van der Waals surface area contributed by atoms with E-state index in [0.717, 1.165) is 44.0 Å². The van der Waals surface area contributed by atoms with Crippen molar-refractivity contribution in [2.45, 2.75) is 19.9 Å². The molecule has 2 aromatic heterocycles. The molecule has 4 rings (SSSR count). The van der Waals surface area contributed by atoms with Gasteiger partial charge >= 0.3 is 0 Å². The quantitative estimate of drug-likeness (QED) is 0.548. The number of amides is 1. The third kappa shape index (κ3) is 4.97. The van der Waals surface area contributed by atoms with E-state index >= 15 is 0 Å². The summed E-state index contributed by atoms with van der Waals surface area (Å²) < 4.78 is 21.4. The van der Waals surface area contributed by atoms with Crippen LogP contribution in [0.25, 0.3) is 10.2 Å². The van der Waals surface area contributed by atoms with Crippen LogP contribution in [-0.4, -0.2) is 65.0 Å². The maximum Gasteiger partial charge on any atom is 0.278 e. The van der Waals surface area contributed by atoms with Crippen LogP contribution in [0, 0.1) is 5.82 Å². The lowest BCUT2D eigenvalue weighted by atomic mass is 10.3. The van der Waals surface area contributed by atoms with Gasteiger partial charge in [-0.25, -0.2) is 9.37 Å². The molecular formula is C20H25ClFN5O2S. The second-order valence-corrected chi connectivity index (χ2v) is 7.91. The first-order chi connectivity index (χ1) is 14.2. The van der Waals surface area contributed by atoms with E-state index in [-0.39, 0.29) is 24.1 Å². The molecule has 1 saturated heterocycles. The fraction of sp³-hybridized carbons (Fsp3) is 0.450. The van der Waals surface area contributed by atoms with Gasteiger partial charge in [-0.15, -0.1) is 12.4 Å². The van der Waals surface area contributed by atoms with Gasteiger partial charge in [0.15, 0.2) is 5.13 Å². The second-order valence-electron chi connectivity index (χ2n) is 6.91. The molecule has 3 aromatic rings. The largest absolute Gasteiger partial charge is 0.379 e. The summed E-state index contributed by atoms with van der Waals surface area (Å²) in [6, 6.07) is 6.23. The Bertz CT molecular complexity index is 989. The first-order valence-electron chi connectivity index (χ1n) is 9.85. The normalized spacial score (nSPS) is 14.6. The molecule has 0 unspecified atom stereocenters. The summed E-state index contributed by atoms with van der Waals surface area (Å²) in [7, 11) is 0. The van der Waals surface area contributed by atoms with Crippen molar-refractivity contribution < 1.29 is 13.9 Å². The van der Waals surface area contributed by atoms with Gasteiger partial charge in [-0.05, 0) is 37.6 Å². The number of halogens is 2. The smallest absolute Gasteiger partial charge is 0.278 e. The molecule has 30 heavy (non-hydrogen) atoms. The zero-order chi connectivity index (χ0) is 20.2. The predicted molar refractivity (Wildman–Crippen MR) is 118 cm³/mol. The number of hydrogen-bond donors (Lipinski definition) is 0. The Hall–Kier alpha value is -2.07. The molecule has 0 atom stereocenters. The molecule has 1 fully saturated rings. The number of fused-ring (bicyclic) bond motifs is 1. The lowest BCUT2D eigenvalue weighted by Gasteiger charge is -2.27. The number of rotatable bonds is 7. The van der Waals surface area contributed by atoms with Crippen LogP contribution < -0.4 is 4.90 Å². The van der Waals surface area contributed by atoms with E-state index in [1.165, 1.54) is 23.5 Å². The number of ether oxygens (including phenoxy) is 1. The Morgan fingerprint density at radius 3 is 2.87 bits per heavy atom. The van der Waals surface area contributed by atoms with Crippen LogP contribution in [-0.2, 0) is 11.3 Å². The fourth-order valence-electron chi connectivity index (χ4n) is 3.47. The standard InChI is InChI=1S/C20H24FN5O2S.ClH/c1-2-26-17(6-7-22-26)19(27)25(9-3-8-24-10-12-28-13-11-24)20-23-16-5-4-15(21)14-18(16)29-20;/h4-7,14H,2-3,8-13H2,1H3;1H. The lowest BCUT2D eigenvalue weighted by Crippen LogP contribution is -2.39. The molecule has 1 aromatic carbocycles. The molecule has 1 amide bonds. The Morgan fingerprint density at radius 1 is 1.30 bits per heavy atom. The van der Waals surface area contributed by atoms with Crippen LogP contribution in [0.15, 0.2) is 30.5 Å². The van der Waals surface area contributed by atoms with Crippen molar-refractivity contribution in [3.8, 4) is 0 Å². The highest BCUT2D eigenvalue weighted by Gasteiger charge is 2.24. The van der Waals surface area contributed by atoms with E-state index in [2.05, 4.69) is 15.0 Å². The number of morpholine rings is 1. The summed E-state index contributed by atoms with van der Waals surface area (Å²) in [6.07, 6.45) is 2.45. The van der Waals surface area contributed by atoms with Crippen molar-refractivity contribution in [3.63, 3.8) is 0 Å². The molecule has 0 aliphatic carbocycles. The van der Waals surface area contributed by atoms with Gasteiger partial charge in [-0.1, -0.05) is 11.3 Å². The number of benzene rings is 1. The van der Waals surface area contributed by atoms with Gasteiger partial charge in [-0.3, -0.25) is 19.3 Å². The van der Waals surface area contributed by atoms with Gasteiger partial charge in [0, 0.05) is 38.9 Å². The Balaban J connectivity index is 0.00000256. The average molecular weight is 454 g/mol. The summed E-state index contributed by atoms with van der Waals surface area (Å²) in [4.78, 5) is 22.0. The molecule has 162 valence electrons.